The molecule has 0 bridgehead atoms. The van der Waals surface area contributed by atoms with Crippen LogP contribution in [0.2, 0.25) is 0 Å². The minimum Gasteiger partial charge on any atom is -0.335 e. The Balaban J connectivity index is 1.17. The molecule has 0 unspecified atom stereocenters. The van der Waals surface area contributed by atoms with E-state index in [0.29, 0.717) is 29.1 Å². The molecule has 0 spiro atoms. The highest BCUT2D eigenvalue weighted by Crippen LogP contribution is 2.34. The Kier molecular flexibility index (Phi) is 7.57. The number of benzene rings is 3. The van der Waals surface area contributed by atoms with E-state index >= 15 is 0 Å². The number of carbonyl (C=O) groups is 2. The minimum absolute atomic E-state index is 0.132. The Morgan fingerprint density at radius 2 is 1.67 bits per heavy atom. The lowest BCUT2D eigenvalue weighted by Crippen LogP contribution is -2.51. The Bertz CT molecular complexity index is 1780. The summed E-state index contributed by atoms with van der Waals surface area (Å²) in [5.74, 6) is -0.583. The van der Waals surface area contributed by atoms with E-state index in [0.717, 1.165) is 33.0 Å². The second-order valence-electron chi connectivity index (χ2n) is 10.3. The number of carbonyl (C=O) groups excluding carboxylic acids is 2. The maximum atomic E-state index is 13.7. The van der Waals surface area contributed by atoms with Gasteiger partial charge in [0.1, 0.15) is 12.2 Å². The Morgan fingerprint density at radius 1 is 0.930 bits per heavy atom. The van der Waals surface area contributed by atoms with Crippen molar-refractivity contribution in [2.75, 3.05) is 19.6 Å². The highest BCUT2D eigenvalue weighted by Gasteiger charge is 2.31. The van der Waals surface area contributed by atoms with E-state index in [1.165, 1.54) is 17.0 Å². The molecule has 5 aromatic rings. The van der Waals surface area contributed by atoms with Gasteiger partial charge in [-0.15, -0.1) is 16.4 Å². The first kappa shape index (κ1) is 28.4. The molecule has 1 aliphatic heterocycles. The highest BCUT2D eigenvalue weighted by molar-refractivity contribution is 7.18. The lowest BCUT2D eigenvalue weighted by molar-refractivity contribution is -0.138. The number of alkyl halides is 3. The van der Waals surface area contributed by atoms with Gasteiger partial charge < -0.3 is 9.80 Å². The molecule has 1 saturated heterocycles. The van der Waals surface area contributed by atoms with Crippen LogP contribution < -0.4 is 0 Å². The molecule has 3 heterocycles. The van der Waals surface area contributed by atoms with E-state index in [1.807, 2.05) is 49.4 Å². The van der Waals surface area contributed by atoms with Gasteiger partial charge >= 0.3 is 6.18 Å². The number of thiophene rings is 1. The van der Waals surface area contributed by atoms with Crippen LogP contribution in [-0.2, 0) is 17.5 Å². The van der Waals surface area contributed by atoms with E-state index < -0.39 is 11.7 Å². The number of piperazine rings is 1. The Hall–Kier alpha value is -4.77. The molecule has 0 radical (unpaired) electrons. The van der Waals surface area contributed by atoms with Crippen molar-refractivity contribution in [2.24, 2.45) is 0 Å². The predicted molar refractivity (Wildman–Crippen MR) is 158 cm³/mol. The van der Waals surface area contributed by atoms with Crippen LogP contribution in [0.1, 0.15) is 27.0 Å². The number of amides is 2. The van der Waals surface area contributed by atoms with Crippen LogP contribution in [0.4, 0.5) is 13.2 Å². The molecule has 1 aliphatic rings. The average Bonchev–Trinajstić information content (AvgIpc) is 3.69. The van der Waals surface area contributed by atoms with Crippen molar-refractivity contribution >= 4 is 23.2 Å². The van der Waals surface area contributed by atoms with Crippen LogP contribution in [0.3, 0.4) is 0 Å². The second-order valence-corrected chi connectivity index (χ2v) is 11.4. The fraction of sp³-hybridized carbons (Fsp3) is 0.188. The number of hydrogen-bond acceptors (Lipinski definition) is 5. The summed E-state index contributed by atoms with van der Waals surface area (Å²) >= 11 is 1.60. The summed E-state index contributed by atoms with van der Waals surface area (Å²) in [6.07, 6.45) is -2.63. The first-order valence-corrected chi connectivity index (χ1v) is 14.4. The fourth-order valence-corrected chi connectivity index (χ4v) is 5.94. The average molecular weight is 602 g/mol. The minimum atomic E-state index is -4.42. The molecule has 1 fully saturated rings. The van der Waals surface area contributed by atoms with Crippen molar-refractivity contribution in [1.29, 1.82) is 0 Å². The molecule has 0 saturated carbocycles. The monoisotopic (exact) mass is 601 g/mol. The van der Waals surface area contributed by atoms with Crippen molar-refractivity contribution in [3.63, 3.8) is 0 Å². The molecule has 2 aromatic heterocycles. The highest BCUT2D eigenvalue weighted by atomic mass is 32.1. The van der Waals surface area contributed by atoms with Crippen molar-refractivity contribution < 1.29 is 22.8 Å². The van der Waals surface area contributed by atoms with Crippen LogP contribution in [0.5, 0.6) is 0 Å². The second kappa shape index (κ2) is 11.5. The Morgan fingerprint density at radius 3 is 2.40 bits per heavy atom. The first-order valence-electron chi connectivity index (χ1n) is 13.6. The third-order valence-corrected chi connectivity index (χ3v) is 8.46. The summed E-state index contributed by atoms with van der Waals surface area (Å²) in [5, 5.41) is 8.69. The third kappa shape index (κ3) is 6.07. The van der Waals surface area contributed by atoms with Gasteiger partial charge in [-0.05, 0) is 60.0 Å². The number of aryl methyl sites for hydroxylation is 1. The lowest BCUT2D eigenvalue weighted by atomic mass is 10.1. The zero-order valence-corrected chi connectivity index (χ0v) is 23.9. The molecule has 3 aromatic carbocycles. The quantitative estimate of drug-likeness (QED) is 0.224. The van der Waals surface area contributed by atoms with Gasteiger partial charge in [-0.2, -0.15) is 13.2 Å². The molecule has 0 atom stereocenters. The van der Waals surface area contributed by atoms with E-state index in [1.54, 1.807) is 33.2 Å². The molecule has 2 amide bonds. The third-order valence-electron chi connectivity index (χ3n) is 7.30. The smallest absolute Gasteiger partial charge is 0.335 e. The van der Waals surface area contributed by atoms with Gasteiger partial charge in [0.25, 0.3) is 5.91 Å². The standard InChI is InChI=1S/C32H26F3N5O2S/c1-21-7-12-25(27(17-21)40-19-26(36-37-40)29-14-13-28(43-29)23-5-3-2-4-6-23)31(42)39-16-15-38(30(41)20-39)18-22-8-10-24(11-9-22)32(33,34)35/h2-14,17,19H,15-16,18,20H2,1H3. The van der Waals surface area contributed by atoms with Crippen LogP contribution in [0.25, 0.3) is 26.7 Å². The van der Waals surface area contributed by atoms with Crippen LogP contribution in [0.15, 0.2) is 91.1 Å². The summed E-state index contributed by atoms with van der Waals surface area (Å²) in [7, 11) is 0. The number of rotatable bonds is 6. The molecule has 218 valence electrons. The molecule has 43 heavy (non-hydrogen) atoms. The number of nitrogens with zero attached hydrogens (tertiary/aromatic N) is 5. The predicted octanol–water partition coefficient (Wildman–Crippen LogP) is 6.47. The van der Waals surface area contributed by atoms with Crippen LogP contribution in [-0.4, -0.2) is 56.2 Å². The SMILES string of the molecule is Cc1ccc(C(=O)N2CCN(Cc3ccc(C(F)(F)F)cc3)C(=O)C2)c(-n2cc(-c3ccc(-c4ccccc4)s3)nn2)c1. The van der Waals surface area contributed by atoms with E-state index in [2.05, 4.69) is 22.4 Å². The van der Waals surface area contributed by atoms with Crippen molar-refractivity contribution in [2.45, 2.75) is 19.6 Å². The first-order chi connectivity index (χ1) is 20.7. The van der Waals surface area contributed by atoms with Gasteiger partial charge in [-0.3, -0.25) is 9.59 Å². The van der Waals surface area contributed by atoms with E-state index in [4.69, 9.17) is 0 Å². The number of hydrogen-bond donors (Lipinski definition) is 0. The molecule has 11 heteroatoms. The van der Waals surface area contributed by atoms with Gasteiger partial charge in [0.15, 0.2) is 0 Å². The van der Waals surface area contributed by atoms with Crippen LogP contribution >= 0.6 is 11.3 Å². The van der Waals surface area contributed by atoms with Crippen molar-refractivity contribution in [3.05, 3.63) is 113 Å². The van der Waals surface area contributed by atoms with Gasteiger partial charge in [0, 0.05) is 24.5 Å². The van der Waals surface area contributed by atoms with Gasteiger partial charge in [0.2, 0.25) is 5.91 Å². The number of aromatic nitrogens is 3. The Labute approximate surface area is 249 Å². The summed E-state index contributed by atoms with van der Waals surface area (Å²) in [5.41, 5.74) is 3.53. The molecule has 7 nitrogen and oxygen atoms in total. The van der Waals surface area contributed by atoms with Crippen molar-refractivity contribution in [1.82, 2.24) is 24.8 Å². The molecule has 0 N–H and O–H groups in total. The zero-order valence-electron chi connectivity index (χ0n) is 23.1. The lowest BCUT2D eigenvalue weighted by Gasteiger charge is -2.34. The number of halogens is 3. The molecule has 6 rings (SSSR count). The maximum Gasteiger partial charge on any atom is 0.416 e. The largest absolute Gasteiger partial charge is 0.416 e. The summed E-state index contributed by atoms with van der Waals surface area (Å²) in [6.45, 7) is 2.52. The molecular formula is C32H26F3N5O2S. The molecular weight excluding hydrogens is 575 g/mol. The maximum absolute atomic E-state index is 13.7. The van der Waals surface area contributed by atoms with E-state index in [9.17, 15) is 22.8 Å². The summed E-state index contributed by atoms with van der Waals surface area (Å²) < 4.78 is 40.2. The van der Waals surface area contributed by atoms with Crippen molar-refractivity contribution in [3.8, 4) is 26.7 Å². The summed E-state index contributed by atoms with van der Waals surface area (Å²) in [4.78, 5) is 31.7. The van der Waals surface area contributed by atoms with Crippen LogP contribution in [0, 0.1) is 6.92 Å². The normalized spacial score (nSPS) is 13.9. The fourth-order valence-electron chi connectivity index (χ4n) is 4.98. The van der Waals surface area contributed by atoms with Gasteiger partial charge in [-0.25, -0.2) is 4.68 Å². The summed E-state index contributed by atoms with van der Waals surface area (Å²) in [6, 6.07) is 24.3. The van der Waals surface area contributed by atoms with Gasteiger partial charge in [0.05, 0.1) is 27.9 Å². The topological polar surface area (TPSA) is 71.3 Å². The zero-order chi connectivity index (χ0) is 30.1. The molecule has 0 aliphatic carbocycles. The van der Waals surface area contributed by atoms with E-state index in [-0.39, 0.29) is 31.4 Å². The van der Waals surface area contributed by atoms with Gasteiger partial charge in [-0.1, -0.05) is 53.7 Å².